The van der Waals surface area contributed by atoms with Crippen LogP contribution in [-0.4, -0.2) is 24.4 Å². The van der Waals surface area contributed by atoms with Gasteiger partial charge in [-0.15, -0.1) is 0 Å². The number of allylic oxidation sites excluding steroid dienone is 1. The first-order chi connectivity index (χ1) is 14.2. The van der Waals surface area contributed by atoms with Gasteiger partial charge in [0.25, 0.3) is 0 Å². The fraction of sp³-hybridized carbons (Fsp3) is 0.929. The average Bonchev–Trinajstić information content (AvgIpc) is 3.22. The molecule has 0 heterocycles. The lowest BCUT2D eigenvalue weighted by molar-refractivity contribution is -0.162. The van der Waals surface area contributed by atoms with E-state index in [0.29, 0.717) is 40.1 Å². The molecular formula is C28H46O2. The van der Waals surface area contributed by atoms with Crippen molar-refractivity contribution in [3.8, 4) is 0 Å². The Kier molecular flexibility index (Phi) is 5.07. The molecule has 0 aromatic rings. The summed E-state index contributed by atoms with van der Waals surface area (Å²) in [5.74, 6) is 5.05. The van der Waals surface area contributed by atoms with Gasteiger partial charge in [-0.1, -0.05) is 46.8 Å². The molecule has 0 unspecified atom stereocenters. The fourth-order valence-electron chi connectivity index (χ4n) is 10.2. The summed E-state index contributed by atoms with van der Waals surface area (Å²) in [5.41, 5.74) is 1.44. The first-order valence-electron chi connectivity index (χ1n) is 13.1. The summed E-state index contributed by atoms with van der Waals surface area (Å²) >= 11 is 0. The van der Waals surface area contributed by atoms with Gasteiger partial charge in [0.15, 0.2) is 0 Å². The number of hydrogen-bond acceptors (Lipinski definition) is 2. The minimum absolute atomic E-state index is 0.299. The van der Waals surface area contributed by atoms with Gasteiger partial charge < -0.3 is 9.84 Å². The molecule has 0 radical (unpaired) electrons. The van der Waals surface area contributed by atoms with Crippen molar-refractivity contribution < 1.29 is 9.84 Å². The third-order valence-corrected chi connectivity index (χ3v) is 11.8. The highest BCUT2D eigenvalue weighted by atomic mass is 16.5. The van der Waals surface area contributed by atoms with Crippen LogP contribution in [0.3, 0.4) is 0 Å². The van der Waals surface area contributed by atoms with Crippen molar-refractivity contribution in [2.45, 2.75) is 98.2 Å². The molecule has 2 heteroatoms. The summed E-state index contributed by atoms with van der Waals surface area (Å²) in [5, 5.41) is 10.9. The number of ether oxygens (including phenoxy) is 1. The summed E-state index contributed by atoms with van der Waals surface area (Å²) in [6, 6.07) is 0. The van der Waals surface area contributed by atoms with Gasteiger partial charge in [0, 0.05) is 12.5 Å². The number of rotatable bonds is 5. The Morgan fingerprint density at radius 2 is 1.73 bits per heavy atom. The highest BCUT2D eigenvalue weighted by molar-refractivity contribution is 5.26. The van der Waals surface area contributed by atoms with Gasteiger partial charge in [-0.2, -0.15) is 0 Å². The minimum Gasteiger partial charge on any atom is -0.389 e. The molecule has 0 aromatic carbocycles. The number of aliphatic hydroxyl groups excluding tert-OH is 1. The van der Waals surface area contributed by atoms with E-state index in [9.17, 15) is 5.11 Å². The molecule has 1 spiro atoms. The fourth-order valence-corrected chi connectivity index (χ4v) is 10.2. The minimum atomic E-state index is -0.299. The predicted octanol–water partition coefficient (Wildman–Crippen LogP) is 6.48. The quantitative estimate of drug-likeness (QED) is 0.522. The van der Waals surface area contributed by atoms with Crippen molar-refractivity contribution in [1.29, 1.82) is 0 Å². The van der Waals surface area contributed by atoms with Gasteiger partial charge in [0.1, 0.15) is 0 Å². The molecule has 0 amide bonds. The average molecular weight is 415 g/mol. The topological polar surface area (TPSA) is 29.5 Å². The lowest BCUT2D eigenvalue weighted by atomic mass is 9.45. The second-order valence-corrected chi connectivity index (χ2v) is 12.9. The van der Waals surface area contributed by atoms with Crippen LogP contribution in [0.2, 0.25) is 0 Å². The molecule has 0 bridgehead atoms. The van der Waals surface area contributed by atoms with Crippen LogP contribution < -0.4 is 0 Å². The van der Waals surface area contributed by atoms with E-state index >= 15 is 0 Å². The summed E-state index contributed by atoms with van der Waals surface area (Å²) in [6.07, 6.45) is 15.6. The largest absolute Gasteiger partial charge is 0.389 e. The molecule has 0 saturated heterocycles. The first-order valence-corrected chi connectivity index (χ1v) is 13.1. The second kappa shape index (κ2) is 7.08. The predicted molar refractivity (Wildman–Crippen MR) is 123 cm³/mol. The Morgan fingerprint density at radius 1 is 0.967 bits per heavy atom. The highest BCUT2D eigenvalue weighted by Gasteiger charge is 2.77. The van der Waals surface area contributed by atoms with Gasteiger partial charge in [0.2, 0.25) is 0 Å². The number of hydrogen-bond donors (Lipinski definition) is 1. The van der Waals surface area contributed by atoms with Crippen LogP contribution in [0.15, 0.2) is 12.2 Å². The van der Waals surface area contributed by atoms with Crippen LogP contribution in [0.4, 0.5) is 0 Å². The Morgan fingerprint density at radius 3 is 2.40 bits per heavy atom. The van der Waals surface area contributed by atoms with Crippen LogP contribution in [0, 0.1) is 57.7 Å². The van der Waals surface area contributed by atoms with Gasteiger partial charge in [-0.3, -0.25) is 0 Å². The normalized spacial score (nSPS) is 53.9. The SMILES string of the molecule is CO[C@@H]1C[C@H]2[C@@H]3CC[C@H]([C@H](C)[C@@H](O)/C=C\C(C)C)[C@@]3(C)CC[C@@H]2[C@@]2(C)CC[C@@H]3C[C@]312. The van der Waals surface area contributed by atoms with Crippen LogP contribution in [0.1, 0.15) is 86.0 Å². The maximum Gasteiger partial charge on any atom is 0.0749 e. The summed E-state index contributed by atoms with van der Waals surface area (Å²) in [6.45, 7) is 12.0. The molecule has 30 heavy (non-hydrogen) atoms. The maximum atomic E-state index is 10.9. The third-order valence-electron chi connectivity index (χ3n) is 11.8. The molecule has 5 rings (SSSR count). The molecule has 5 aliphatic carbocycles. The van der Waals surface area contributed by atoms with E-state index in [4.69, 9.17) is 4.74 Å². The molecule has 0 aliphatic heterocycles. The van der Waals surface area contributed by atoms with Crippen molar-refractivity contribution >= 4 is 0 Å². The van der Waals surface area contributed by atoms with E-state index in [1.165, 1.54) is 51.4 Å². The molecule has 2 nitrogen and oxygen atoms in total. The van der Waals surface area contributed by atoms with Gasteiger partial charge in [-0.25, -0.2) is 0 Å². The molecular weight excluding hydrogens is 368 g/mol. The lowest BCUT2D eigenvalue weighted by Crippen LogP contribution is -2.57. The van der Waals surface area contributed by atoms with Crippen molar-refractivity contribution in [1.82, 2.24) is 0 Å². The second-order valence-electron chi connectivity index (χ2n) is 12.9. The van der Waals surface area contributed by atoms with E-state index in [2.05, 4.69) is 46.8 Å². The van der Waals surface area contributed by atoms with Gasteiger partial charge in [0.05, 0.1) is 12.2 Å². The highest BCUT2D eigenvalue weighted by Crippen LogP contribution is 2.82. The molecule has 5 fully saturated rings. The van der Waals surface area contributed by atoms with E-state index in [0.717, 1.165) is 23.7 Å². The van der Waals surface area contributed by atoms with E-state index < -0.39 is 0 Å². The van der Waals surface area contributed by atoms with E-state index in [-0.39, 0.29) is 6.10 Å². The molecule has 5 aliphatic rings. The zero-order valence-corrected chi connectivity index (χ0v) is 20.4. The maximum absolute atomic E-state index is 10.9. The Labute approximate surface area is 185 Å². The van der Waals surface area contributed by atoms with Crippen molar-refractivity contribution in [2.24, 2.45) is 57.7 Å². The zero-order chi connectivity index (χ0) is 21.5. The first kappa shape index (κ1) is 21.5. The van der Waals surface area contributed by atoms with Crippen LogP contribution in [0.25, 0.3) is 0 Å². The summed E-state index contributed by atoms with van der Waals surface area (Å²) in [7, 11) is 1.99. The van der Waals surface area contributed by atoms with Crippen LogP contribution in [-0.2, 0) is 4.74 Å². The molecule has 5 saturated carbocycles. The standard InChI is InChI=1S/C28H46O2/c1-17(2)7-10-24(29)18(3)21-8-9-22-20-15-25(30-6)28-16-19(28)11-14-27(28,5)23(20)12-13-26(21,22)4/h7,10,17-25,29H,8-9,11-16H2,1-6H3/b10-7-/t18-,19+,20-,21+,22-,23-,24-,25+,26+,27+,28-/m0/s1. The smallest absolute Gasteiger partial charge is 0.0749 e. The van der Waals surface area contributed by atoms with Crippen LogP contribution in [0.5, 0.6) is 0 Å². The number of methoxy groups -OCH3 is 1. The summed E-state index contributed by atoms with van der Waals surface area (Å²) in [4.78, 5) is 0. The van der Waals surface area contributed by atoms with Crippen molar-refractivity contribution in [3.63, 3.8) is 0 Å². The Bertz CT molecular complexity index is 699. The number of aliphatic hydroxyl groups is 1. The monoisotopic (exact) mass is 414 g/mol. The molecule has 170 valence electrons. The summed E-state index contributed by atoms with van der Waals surface area (Å²) < 4.78 is 6.26. The number of fused-ring (bicyclic) bond motifs is 4. The zero-order valence-electron chi connectivity index (χ0n) is 20.4. The molecule has 11 atom stereocenters. The van der Waals surface area contributed by atoms with Crippen molar-refractivity contribution in [2.75, 3.05) is 7.11 Å². The van der Waals surface area contributed by atoms with Gasteiger partial charge in [-0.05, 0) is 104 Å². The molecule has 0 aromatic heterocycles. The van der Waals surface area contributed by atoms with Crippen molar-refractivity contribution in [3.05, 3.63) is 12.2 Å². The molecule has 1 N–H and O–H groups in total. The van der Waals surface area contributed by atoms with Crippen LogP contribution >= 0.6 is 0 Å². The Balaban J connectivity index is 1.40. The Hall–Kier alpha value is -0.340. The lowest BCUT2D eigenvalue weighted by Gasteiger charge is -2.61. The van der Waals surface area contributed by atoms with E-state index in [1.807, 2.05) is 7.11 Å². The van der Waals surface area contributed by atoms with E-state index in [1.54, 1.807) is 0 Å². The van der Waals surface area contributed by atoms with Gasteiger partial charge >= 0.3 is 0 Å². The third kappa shape index (κ3) is 2.68.